The SMILES string of the molecule is C[C@H]1CCCN(S(=O)(=O)N2CCC(C(N)=O)CC2)C1. The molecule has 2 rings (SSSR count). The van der Waals surface area contributed by atoms with E-state index in [9.17, 15) is 13.2 Å². The Kier molecular flexibility index (Phi) is 4.47. The molecule has 0 aromatic carbocycles. The number of amides is 1. The van der Waals surface area contributed by atoms with Crippen LogP contribution in [0.1, 0.15) is 32.6 Å². The highest BCUT2D eigenvalue weighted by atomic mass is 32.2. The zero-order valence-electron chi connectivity index (χ0n) is 11.4. The number of rotatable bonds is 3. The second-order valence-electron chi connectivity index (χ2n) is 5.69. The van der Waals surface area contributed by atoms with Crippen molar-refractivity contribution in [1.82, 2.24) is 8.61 Å². The van der Waals surface area contributed by atoms with E-state index in [1.165, 1.54) is 4.31 Å². The summed E-state index contributed by atoms with van der Waals surface area (Å²) < 4.78 is 28.1. The fourth-order valence-corrected chi connectivity index (χ4v) is 4.69. The van der Waals surface area contributed by atoms with E-state index in [-0.39, 0.29) is 11.8 Å². The van der Waals surface area contributed by atoms with Crippen molar-refractivity contribution < 1.29 is 13.2 Å². The maximum atomic E-state index is 12.5. The van der Waals surface area contributed by atoms with Gasteiger partial charge < -0.3 is 5.73 Å². The number of piperidine rings is 2. The van der Waals surface area contributed by atoms with Crippen molar-refractivity contribution in [1.29, 1.82) is 0 Å². The third-order valence-electron chi connectivity index (χ3n) is 4.13. The van der Waals surface area contributed by atoms with Crippen molar-refractivity contribution in [3.8, 4) is 0 Å². The van der Waals surface area contributed by atoms with Crippen LogP contribution in [0.2, 0.25) is 0 Å². The van der Waals surface area contributed by atoms with Crippen LogP contribution in [-0.4, -0.2) is 49.1 Å². The molecule has 2 aliphatic rings. The minimum Gasteiger partial charge on any atom is -0.369 e. The Hall–Kier alpha value is -0.660. The topological polar surface area (TPSA) is 83.7 Å². The molecule has 0 radical (unpaired) electrons. The molecule has 19 heavy (non-hydrogen) atoms. The molecule has 2 N–H and O–H groups in total. The Balaban J connectivity index is 1.99. The average Bonchev–Trinajstić information content (AvgIpc) is 2.39. The monoisotopic (exact) mass is 289 g/mol. The van der Waals surface area contributed by atoms with Gasteiger partial charge in [0.25, 0.3) is 10.2 Å². The number of hydrogen-bond donors (Lipinski definition) is 1. The smallest absolute Gasteiger partial charge is 0.281 e. The molecule has 0 aromatic rings. The zero-order valence-corrected chi connectivity index (χ0v) is 12.2. The van der Waals surface area contributed by atoms with Gasteiger partial charge in [-0.3, -0.25) is 4.79 Å². The van der Waals surface area contributed by atoms with Crippen LogP contribution < -0.4 is 5.73 Å². The van der Waals surface area contributed by atoms with E-state index in [1.807, 2.05) is 0 Å². The molecule has 0 aliphatic carbocycles. The molecular formula is C12H23N3O3S. The van der Waals surface area contributed by atoms with Crippen molar-refractivity contribution in [2.24, 2.45) is 17.6 Å². The van der Waals surface area contributed by atoms with Gasteiger partial charge in [-0.05, 0) is 31.6 Å². The number of carbonyl (C=O) groups excluding carboxylic acids is 1. The van der Waals surface area contributed by atoms with E-state index in [2.05, 4.69) is 6.92 Å². The predicted molar refractivity (Wildman–Crippen MR) is 72.4 cm³/mol. The summed E-state index contributed by atoms with van der Waals surface area (Å²) in [6, 6.07) is 0. The molecule has 2 fully saturated rings. The molecule has 7 heteroatoms. The molecule has 0 unspecified atom stereocenters. The molecule has 0 aromatic heterocycles. The normalized spacial score (nSPS) is 28.4. The highest BCUT2D eigenvalue weighted by Gasteiger charge is 2.35. The number of nitrogens with two attached hydrogens (primary N) is 1. The lowest BCUT2D eigenvalue weighted by atomic mass is 9.98. The first-order valence-corrected chi connectivity index (χ1v) is 8.35. The average molecular weight is 289 g/mol. The standard InChI is InChI=1S/C12H23N3O3S/c1-10-3-2-6-15(9-10)19(17,18)14-7-4-11(5-8-14)12(13)16/h10-11H,2-9H2,1H3,(H2,13,16)/t10-/m0/s1. The first-order chi connectivity index (χ1) is 8.91. The molecule has 1 amide bonds. The third-order valence-corrected chi connectivity index (χ3v) is 6.13. The maximum Gasteiger partial charge on any atom is 0.281 e. The largest absolute Gasteiger partial charge is 0.369 e. The van der Waals surface area contributed by atoms with Gasteiger partial charge in [0, 0.05) is 32.1 Å². The van der Waals surface area contributed by atoms with Crippen molar-refractivity contribution in [3.05, 3.63) is 0 Å². The van der Waals surface area contributed by atoms with Gasteiger partial charge in [-0.2, -0.15) is 17.0 Å². The van der Waals surface area contributed by atoms with Crippen molar-refractivity contribution in [2.75, 3.05) is 26.2 Å². The van der Waals surface area contributed by atoms with Crippen LogP contribution in [0, 0.1) is 11.8 Å². The molecule has 0 saturated carbocycles. The minimum absolute atomic E-state index is 0.174. The lowest BCUT2D eigenvalue weighted by Gasteiger charge is -2.37. The summed E-state index contributed by atoms with van der Waals surface area (Å²) in [5.41, 5.74) is 5.27. The molecule has 2 saturated heterocycles. The van der Waals surface area contributed by atoms with Crippen molar-refractivity contribution in [3.63, 3.8) is 0 Å². The summed E-state index contributed by atoms with van der Waals surface area (Å²) >= 11 is 0. The van der Waals surface area contributed by atoms with Crippen LogP contribution in [0.5, 0.6) is 0 Å². The van der Waals surface area contributed by atoms with Crippen molar-refractivity contribution in [2.45, 2.75) is 32.6 Å². The molecule has 1 atom stereocenters. The molecular weight excluding hydrogens is 266 g/mol. The van der Waals surface area contributed by atoms with Crippen LogP contribution in [0.3, 0.4) is 0 Å². The fraction of sp³-hybridized carbons (Fsp3) is 0.917. The van der Waals surface area contributed by atoms with Gasteiger partial charge in [0.15, 0.2) is 0 Å². The number of carbonyl (C=O) groups is 1. The zero-order chi connectivity index (χ0) is 14.0. The fourth-order valence-electron chi connectivity index (χ4n) is 2.89. The van der Waals surface area contributed by atoms with Crippen LogP contribution in [-0.2, 0) is 15.0 Å². The van der Waals surface area contributed by atoms with Gasteiger partial charge >= 0.3 is 0 Å². The van der Waals surface area contributed by atoms with Crippen LogP contribution >= 0.6 is 0 Å². The Morgan fingerprint density at radius 3 is 2.26 bits per heavy atom. The van der Waals surface area contributed by atoms with Gasteiger partial charge in [-0.15, -0.1) is 0 Å². The lowest BCUT2D eigenvalue weighted by molar-refractivity contribution is -0.122. The maximum absolute atomic E-state index is 12.5. The van der Waals surface area contributed by atoms with Crippen LogP contribution in [0.4, 0.5) is 0 Å². The minimum atomic E-state index is -3.35. The van der Waals surface area contributed by atoms with E-state index in [4.69, 9.17) is 5.73 Å². The Bertz CT molecular complexity index is 430. The number of hydrogen-bond acceptors (Lipinski definition) is 3. The van der Waals surface area contributed by atoms with Gasteiger partial charge in [0.1, 0.15) is 0 Å². The van der Waals surface area contributed by atoms with E-state index in [0.717, 1.165) is 12.8 Å². The lowest BCUT2D eigenvalue weighted by Crippen LogP contribution is -2.50. The first kappa shape index (κ1) is 14.7. The van der Waals surface area contributed by atoms with Gasteiger partial charge in [0.05, 0.1) is 0 Å². The molecule has 110 valence electrons. The highest BCUT2D eigenvalue weighted by molar-refractivity contribution is 7.86. The van der Waals surface area contributed by atoms with Crippen LogP contribution in [0.15, 0.2) is 0 Å². The highest BCUT2D eigenvalue weighted by Crippen LogP contribution is 2.24. The van der Waals surface area contributed by atoms with Gasteiger partial charge in [-0.25, -0.2) is 0 Å². The van der Waals surface area contributed by atoms with E-state index >= 15 is 0 Å². The second-order valence-corrected chi connectivity index (χ2v) is 7.62. The number of primary amides is 1. The summed E-state index contributed by atoms with van der Waals surface area (Å²) in [5, 5.41) is 0. The van der Waals surface area contributed by atoms with E-state index < -0.39 is 10.2 Å². The first-order valence-electron chi connectivity index (χ1n) is 6.96. The third kappa shape index (κ3) is 3.27. The summed E-state index contributed by atoms with van der Waals surface area (Å²) in [5.74, 6) is -0.0675. The Labute approximate surface area is 115 Å². The Morgan fingerprint density at radius 2 is 1.74 bits per heavy atom. The van der Waals surface area contributed by atoms with Gasteiger partial charge in [0.2, 0.25) is 5.91 Å². The molecule has 6 nitrogen and oxygen atoms in total. The summed E-state index contributed by atoms with van der Waals surface area (Å²) in [6.07, 6.45) is 3.10. The Morgan fingerprint density at radius 1 is 1.11 bits per heavy atom. The van der Waals surface area contributed by atoms with E-state index in [1.54, 1.807) is 4.31 Å². The predicted octanol–water partition coefficient (Wildman–Crippen LogP) is 0.160. The molecule has 0 bridgehead atoms. The van der Waals surface area contributed by atoms with Crippen LogP contribution in [0.25, 0.3) is 0 Å². The molecule has 2 aliphatic heterocycles. The summed E-state index contributed by atoms with van der Waals surface area (Å²) in [6.45, 7) is 4.11. The number of nitrogens with zero attached hydrogens (tertiary/aromatic N) is 2. The molecule has 0 spiro atoms. The van der Waals surface area contributed by atoms with E-state index in [0.29, 0.717) is 44.9 Å². The molecule has 2 heterocycles. The quantitative estimate of drug-likeness (QED) is 0.803. The summed E-state index contributed by atoms with van der Waals surface area (Å²) in [4.78, 5) is 11.1. The summed E-state index contributed by atoms with van der Waals surface area (Å²) in [7, 11) is -3.35. The van der Waals surface area contributed by atoms with Gasteiger partial charge in [-0.1, -0.05) is 6.92 Å². The van der Waals surface area contributed by atoms with Crippen molar-refractivity contribution >= 4 is 16.1 Å². The second kappa shape index (κ2) is 5.76.